The van der Waals surface area contributed by atoms with Gasteiger partial charge in [0.05, 0.1) is 5.02 Å². The summed E-state index contributed by atoms with van der Waals surface area (Å²) in [5.74, 6) is -0.391. The van der Waals surface area contributed by atoms with Crippen LogP contribution in [0.3, 0.4) is 0 Å². The van der Waals surface area contributed by atoms with Gasteiger partial charge in [-0.15, -0.1) is 0 Å². The number of hydrogen-bond donors (Lipinski definition) is 1. The highest BCUT2D eigenvalue weighted by Crippen LogP contribution is 2.22. The van der Waals surface area contributed by atoms with E-state index in [1.165, 1.54) is 6.07 Å². The monoisotopic (exact) mass is 358 g/mol. The average molecular weight is 360 g/mol. The number of nitrogens with one attached hydrogen (secondary N) is 1. The first-order valence-electron chi connectivity index (χ1n) is 5.37. The number of anilines is 1. The molecule has 0 saturated heterocycles. The second-order valence-electron chi connectivity index (χ2n) is 3.88. The molecule has 0 saturated carbocycles. The molecule has 0 bridgehead atoms. The summed E-state index contributed by atoms with van der Waals surface area (Å²) in [6.07, 6.45) is 0. The molecule has 1 N–H and O–H groups in total. The van der Waals surface area contributed by atoms with Gasteiger partial charge in [-0.3, -0.25) is 4.79 Å². The Bertz CT molecular complexity index is 647. The summed E-state index contributed by atoms with van der Waals surface area (Å²) in [4.78, 5) is 16.0. The summed E-state index contributed by atoms with van der Waals surface area (Å²) >= 11 is 15.1. The Morgan fingerprint density at radius 1 is 1.26 bits per heavy atom. The van der Waals surface area contributed by atoms with Gasteiger partial charge < -0.3 is 5.32 Å². The van der Waals surface area contributed by atoms with Crippen LogP contribution < -0.4 is 5.32 Å². The molecular weight excluding hydrogens is 351 g/mol. The van der Waals surface area contributed by atoms with E-state index in [9.17, 15) is 4.79 Å². The lowest BCUT2D eigenvalue weighted by molar-refractivity contribution is 0.102. The van der Waals surface area contributed by atoms with Crippen molar-refractivity contribution in [2.45, 2.75) is 6.92 Å². The maximum absolute atomic E-state index is 12.1. The van der Waals surface area contributed by atoms with Gasteiger partial charge in [0, 0.05) is 10.2 Å². The third-order valence-corrected chi connectivity index (χ3v) is 3.47. The number of amides is 1. The summed E-state index contributed by atoms with van der Waals surface area (Å²) in [7, 11) is 0. The van der Waals surface area contributed by atoms with E-state index < -0.39 is 5.91 Å². The van der Waals surface area contributed by atoms with Gasteiger partial charge in [0.25, 0.3) is 5.91 Å². The standard InChI is InChI=1S/C13H9BrCl2N2O/c1-7-6-8(14)2-4-10(7)17-13(19)12-9(15)3-5-11(16)18-12/h2-6H,1H3,(H,17,19). The van der Waals surface area contributed by atoms with Gasteiger partial charge in [0.1, 0.15) is 10.8 Å². The molecule has 1 amide bonds. The Morgan fingerprint density at radius 3 is 2.68 bits per heavy atom. The third-order valence-electron chi connectivity index (χ3n) is 2.46. The number of aromatic nitrogens is 1. The minimum absolute atomic E-state index is 0.108. The maximum Gasteiger partial charge on any atom is 0.275 e. The first-order chi connectivity index (χ1) is 8.97. The molecule has 19 heavy (non-hydrogen) atoms. The Kier molecular flexibility index (Phi) is 4.45. The summed E-state index contributed by atoms with van der Waals surface area (Å²) in [6.45, 7) is 1.90. The van der Waals surface area contributed by atoms with Gasteiger partial charge in [0.15, 0.2) is 0 Å². The van der Waals surface area contributed by atoms with E-state index >= 15 is 0 Å². The predicted octanol–water partition coefficient (Wildman–Crippen LogP) is 4.71. The second kappa shape index (κ2) is 5.90. The van der Waals surface area contributed by atoms with E-state index in [1.54, 1.807) is 12.1 Å². The van der Waals surface area contributed by atoms with Crippen LogP contribution in [0.25, 0.3) is 0 Å². The van der Waals surface area contributed by atoms with Crippen molar-refractivity contribution in [2.24, 2.45) is 0 Å². The number of carbonyl (C=O) groups is 1. The molecule has 0 spiro atoms. The van der Waals surface area contributed by atoms with Crippen LogP contribution in [0.1, 0.15) is 16.1 Å². The van der Waals surface area contributed by atoms with Crippen molar-refractivity contribution in [1.82, 2.24) is 4.98 Å². The summed E-state index contributed by atoms with van der Waals surface area (Å²) < 4.78 is 0.946. The maximum atomic E-state index is 12.1. The lowest BCUT2D eigenvalue weighted by Crippen LogP contribution is -2.15. The van der Waals surface area contributed by atoms with E-state index in [4.69, 9.17) is 23.2 Å². The predicted molar refractivity (Wildman–Crippen MR) is 81.1 cm³/mol. The van der Waals surface area contributed by atoms with Crippen molar-refractivity contribution >= 4 is 50.7 Å². The van der Waals surface area contributed by atoms with E-state index in [0.717, 1.165) is 10.0 Å². The van der Waals surface area contributed by atoms with Crippen LogP contribution in [0.5, 0.6) is 0 Å². The number of rotatable bonds is 2. The van der Waals surface area contributed by atoms with E-state index in [-0.39, 0.29) is 15.9 Å². The minimum atomic E-state index is -0.391. The van der Waals surface area contributed by atoms with Gasteiger partial charge in [-0.25, -0.2) is 4.98 Å². The minimum Gasteiger partial charge on any atom is -0.320 e. The van der Waals surface area contributed by atoms with Gasteiger partial charge in [0.2, 0.25) is 0 Å². The molecule has 1 aromatic heterocycles. The highest BCUT2D eigenvalue weighted by atomic mass is 79.9. The zero-order chi connectivity index (χ0) is 14.0. The van der Waals surface area contributed by atoms with Crippen LogP contribution in [0.15, 0.2) is 34.8 Å². The SMILES string of the molecule is Cc1cc(Br)ccc1NC(=O)c1nc(Cl)ccc1Cl. The molecular formula is C13H9BrCl2N2O. The van der Waals surface area contributed by atoms with Crippen molar-refractivity contribution in [3.8, 4) is 0 Å². The lowest BCUT2D eigenvalue weighted by Gasteiger charge is -2.09. The third kappa shape index (κ3) is 3.47. The Balaban J connectivity index is 2.28. The second-order valence-corrected chi connectivity index (χ2v) is 5.59. The quantitative estimate of drug-likeness (QED) is 0.789. The highest BCUT2D eigenvalue weighted by molar-refractivity contribution is 9.10. The number of benzene rings is 1. The molecule has 0 fully saturated rings. The van der Waals surface area contributed by atoms with Crippen LogP contribution >= 0.6 is 39.1 Å². The molecule has 0 atom stereocenters. The zero-order valence-corrected chi connectivity index (χ0v) is 13.0. The molecule has 2 aromatic rings. The molecule has 1 heterocycles. The number of aryl methyl sites for hydroxylation is 1. The average Bonchev–Trinajstić information content (AvgIpc) is 2.35. The number of carbonyl (C=O) groups excluding carboxylic acids is 1. The molecule has 0 aliphatic heterocycles. The summed E-state index contributed by atoms with van der Waals surface area (Å²) in [6, 6.07) is 8.62. The Morgan fingerprint density at radius 2 is 2.00 bits per heavy atom. The molecule has 0 aliphatic carbocycles. The first-order valence-corrected chi connectivity index (χ1v) is 6.92. The lowest BCUT2D eigenvalue weighted by atomic mass is 10.2. The number of pyridine rings is 1. The largest absolute Gasteiger partial charge is 0.320 e. The van der Waals surface area contributed by atoms with Gasteiger partial charge >= 0.3 is 0 Å². The number of halogens is 3. The number of nitrogens with zero attached hydrogens (tertiary/aromatic N) is 1. The molecule has 2 rings (SSSR count). The van der Waals surface area contributed by atoms with Gasteiger partial charge in [-0.05, 0) is 42.8 Å². The smallest absolute Gasteiger partial charge is 0.275 e. The molecule has 6 heteroatoms. The topological polar surface area (TPSA) is 42.0 Å². The van der Waals surface area contributed by atoms with Crippen LogP contribution in [0.4, 0.5) is 5.69 Å². The van der Waals surface area contributed by atoms with E-state index in [1.807, 2.05) is 19.1 Å². The van der Waals surface area contributed by atoms with Crippen LogP contribution in [-0.4, -0.2) is 10.9 Å². The van der Waals surface area contributed by atoms with Crippen molar-refractivity contribution in [2.75, 3.05) is 5.32 Å². The zero-order valence-electron chi connectivity index (χ0n) is 9.88. The summed E-state index contributed by atoms with van der Waals surface area (Å²) in [5.41, 5.74) is 1.74. The fourth-order valence-electron chi connectivity index (χ4n) is 1.53. The molecule has 0 aliphatic rings. The van der Waals surface area contributed by atoms with Gasteiger partial charge in [-0.2, -0.15) is 0 Å². The van der Waals surface area contributed by atoms with E-state index in [2.05, 4.69) is 26.2 Å². The van der Waals surface area contributed by atoms with Crippen LogP contribution in [0, 0.1) is 6.92 Å². The summed E-state index contributed by atoms with van der Waals surface area (Å²) in [5, 5.41) is 3.24. The fraction of sp³-hybridized carbons (Fsp3) is 0.0769. The molecule has 3 nitrogen and oxygen atoms in total. The molecule has 1 aromatic carbocycles. The highest BCUT2D eigenvalue weighted by Gasteiger charge is 2.14. The normalized spacial score (nSPS) is 10.3. The van der Waals surface area contributed by atoms with Crippen molar-refractivity contribution in [3.05, 3.63) is 56.2 Å². The van der Waals surface area contributed by atoms with Crippen LogP contribution in [0.2, 0.25) is 10.2 Å². The fourth-order valence-corrected chi connectivity index (χ4v) is 2.34. The molecule has 98 valence electrons. The van der Waals surface area contributed by atoms with Crippen molar-refractivity contribution in [1.29, 1.82) is 0 Å². The first kappa shape index (κ1) is 14.3. The number of hydrogen-bond acceptors (Lipinski definition) is 2. The van der Waals surface area contributed by atoms with Crippen molar-refractivity contribution in [3.63, 3.8) is 0 Å². The molecule has 0 unspecified atom stereocenters. The Hall–Kier alpha value is -1.10. The van der Waals surface area contributed by atoms with Crippen LogP contribution in [-0.2, 0) is 0 Å². The molecule has 0 radical (unpaired) electrons. The van der Waals surface area contributed by atoms with Crippen molar-refractivity contribution < 1.29 is 4.79 Å². The van der Waals surface area contributed by atoms with Gasteiger partial charge in [-0.1, -0.05) is 39.1 Å². The van der Waals surface area contributed by atoms with E-state index in [0.29, 0.717) is 5.69 Å². The Labute approximate surface area is 129 Å².